The average molecular weight is 288 g/mol. The number of hydrogen-bond donors (Lipinski definition) is 2. The molecule has 1 unspecified atom stereocenters. The first kappa shape index (κ1) is 13.5. The van der Waals surface area contributed by atoms with Gasteiger partial charge in [0.05, 0.1) is 13.0 Å². The molecule has 0 aromatic carbocycles. The molecule has 2 saturated heterocycles. The minimum Gasteiger partial charge on any atom is -0.340 e. The molecule has 1 spiro atoms. The highest BCUT2D eigenvalue weighted by Crippen LogP contribution is 2.24. The molecule has 2 aliphatic rings. The van der Waals surface area contributed by atoms with Crippen LogP contribution in [0.4, 0.5) is 4.79 Å². The van der Waals surface area contributed by atoms with E-state index in [1.807, 2.05) is 0 Å². The van der Waals surface area contributed by atoms with E-state index in [0.717, 1.165) is 5.56 Å². The third-order valence-electron chi connectivity index (χ3n) is 3.96. The van der Waals surface area contributed by atoms with Crippen molar-refractivity contribution >= 4 is 17.8 Å². The van der Waals surface area contributed by atoms with Gasteiger partial charge in [0.2, 0.25) is 5.91 Å². The van der Waals surface area contributed by atoms with E-state index < -0.39 is 11.6 Å². The zero-order chi connectivity index (χ0) is 14.9. The Morgan fingerprint density at radius 3 is 2.76 bits per heavy atom. The summed E-state index contributed by atoms with van der Waals surface area (Å²) in [5.74, 6) is -0.386. The third kappa shape index (κ3) is 2.58. The Hall–Kier alpha value is -2.44. The van der Waals surface area contributed by atoms with Gasteiger partial charge in [0.15, 0.2) is 0 Å². The van der Waals surface area contributed by atoms with Crippen molar-refractivity contribution in [1.82, 2.24) is 20.5 Å². The smallest absolute Gasteiger partial charge is 0.322 e. The maximum atomic E-state index is 12.4. The largest absolute Gasteiger partial charge is 0.340 e. The lowest BCUT2D eigenvalue weighted by Gasteiger charge is -2.38. The Morgan fingerprint density at radius 2 is 2.10 bits per heavy atom. The van der Waals surface area contributed by atoms with Crippen LogP contribution in [0.5, 0.6) is 0 Å². The molecule has 21 heavy (non-hydrogen) atoms. The van der Waals surface area contributed by atoms with Crippen molar-refractivity contribution in [2.45, 2.75) is 24.8 Å². The van der Waals surface area contributed by atoms with Crippen LogP contribution in [0.3, 0.4) is 0 Å². The van der Waals surface area contributed by atoms with Gasteiger partial charge in [-0.3, -0.25) is 19.9 Å². The SMILES string of the molecule is O=C1NC(=O)C2(CCCN(C(=O)Cc3ccncc3)C2)N1. The number of urea groups is 1. The van der Waals surface area contributed by atoms with E-state index in [4.69, 9.17) is 0 Å². The molecule has 110 valence electrons. The van der Waals surface area contributed by atoms with Crippen LogP contribution >= 0.6 is 0 Å². The summed E-state index contributed by atoms with van der Waals surface area (Å²) in [6, 6.07) is 3.10. The molecule has 0 bridgehead atoms. The van der Waals surface area contributed by atoms with Crippen molar-refractivity contribution in [2.24, 2.45) is 0 Å². The normalized spacial score (nSPS) is 24.9. The van der Waals surface area contributed by atoms with Crippen LogP contribution < -0.4 is 10.6 Å². The number of aromatic nitrogens is 1. The lowest BCUT2D eigenvalue weighted by molar-refractivity contribution is -0.135. The van der Waals surface area contributed by atoms with Crippen LogP contribution in [0.15, 0.2) is 24.5 Å². The van der Waals surface area contributed by atoms with Crippen molar-refractivity contribution in [3.63, 3.8) is 0 Å². The van der Waals surface area contributed by atoms with E-state index in [2.05, 4.69) is 15.6 Å². The summed E-state index contributed by atoms with van der Waals surface area (Å²) in [7, 11) is 0. The number of rotatable bonds is 2. The number of nitrogens with one attached hydrogen (secondary N) is 2. The molecule has 3 heterocycles. The molecule has 7 nitrogen and oxygen atoms in total. The third-order valence-corrected chi connectivity index (χ3v) is 3.96. The molecule has 1 aromatic heterocycles. The minimum absolute atomic E-state index is 0.0470. The highest BCUT2D eigenvalue weighted by molar-refractivity contribution is 6.07. The number of imide groups is 1. The fraction of sp³-hybridized carbons (Fsp3) is 0.429. The fourth-order valence-corrected chi connectivity index (χ4v) is 2.87. The first-order valence-corrected chi connectivity index (χ1v) is 6.89. The van der Waals surface area contributed by atoms with Crippen LogP contribution in [-0.2, 0) is 16.0 Å². The summed E-state index contributed by atoms with van der Waals surface area (Å²) < 4.78 is 0. The standard InChI is InChI=1S/C14H16N4O3/c19-11(8-10-2-5-15-6-3-10)18-7-1-4-14(9-18)12(20)16-13(21)17-14/h2-3,5-6H,1,4,7-9H2,(H2,16,17,20,21). The van der Waals surface area contributed by atoms with Gasteiger partial charge in [-0.2, -0.15) is 0 Å². The number of carbonyl (C=O) groups is 3. The number of nitrogens with zero attached hydrogens (tertiary/aromatic N) is 2. The molecule has 2 aliphatic heterocycles. The topological polar surface area (TPSA) is 91.4 Å². The van der Waals surface area contributed by atoms with Crippen LogP contribution in [0, 0.1) is 0 Å². The quantitative estimate of drug-likeness (QED) is 0.739. The second-order valence-corrected chi connectivity index (χ2v) is 5.44. The number of carbonyl (C=O) groups excluding carboxylic acids is 3. The van der Waals surface area contributed by atoms with E-state index in [-0.39, 0.29) is 24.8 Å². The van der Waals surface area contributed by atoms with E-state index in [1.54, 1.807) is 29.4 Å². The molecule has 2 fully saturated rings. The number of likely N-dealkylation sites (tertiary alicyclic amines) is 1. The predicted octanol–water partition coefficient (Wildman–Crippen LogP) is -0.175. The minimum atomic E-state index is -0.955. The maximum Gasteiger partial charge on any atom is 0.322 e. The molecule has 3 rings (SSSR count). The van der Waals surface area contributed by atoms with Gasteiger partial charge >= 0.3 is 6.03 Å². The summed E-state index contributed by atoms with van der Waals surface area (Å²) in [4.78, 5) is 41.2. The maximum absolute atomic E-state index is 12.4. The number of pyridine rings is 1. The Labute approximate surface area is 121 Å². The molecule has 1 aromatic rings. The lowest BCUT2D eigenvalue weighted by atomic mass is 9.89. The lowest BCUT2D eigenvalue weighted by Crippen LogP contribution is -2.59. The van der Waals surface area contributed by atoms with Gasteiger partial charge < -0.3 is 10.2 Å². The van der Waals surface area contributed by atoms with Crippen molar-refractivity contribution in [2.75, 3.05) is 13.1 Å². The molecule has 0 aliphatic carbocycles. The van der Waals surface area contributed by atoms with Crippen molar-refractivity contribution in [3.8, 4) is 0 Å². The van der Waals surface area contributed by atoms with E-state index >= 15 is 0 Å². The fourth-order valence-electron chi connectivity index (χ4n) is 2.87. The number of hydrogen-bond acceptors (Lipinski definition) is 4. The second kappa shape index (κ2) is 5.16. The average Bonchev–Trinajstić information content (AvgIpc) is 2.74. The number of piperidine rings is 1. The Morgan fingerprint density at radius 1 is 1.33 bits per heavy atom. The monoisotopic (exact) mass is 288 g/mol. The zero-order valence-corrected chi connectivity index (χ0v) is 11.5. The Kier molecular flexibility index (Phi) is 3.32. The molecular weight excluding hydrogens is 272 g/mol. The first-order chi connectivity index (χ1) is 10.1. The van der Waals surface area contributed by atoms with Crippen molar-refractivity contribution in [1.29, 1.82) is 0 Å². The second-order valence-electron chi connectivity index (χ2n) is 5.44. The highest BCUT2D eigenvalue weighted by Gasteiger charge is 2.49. The Balaban J connectivity index is 1.70. The predicted molar refractivity (Wildman–Crippen MR) is 73.2 cm³/mol. The van der Waals surface area contributed by atoms with Crippen LogP contribution in [0.25, 0.3) is 0 Å². The van der Waals surface area contributed by atoms with Gasteiger partial charge in [-0.05, 0) is 30.5 Å². The Bertz CT molecular complexity index is 589. The first-order valence-electron chi connectivity index (χ1n) is 6.89. The molecule has 0 radical (unpaired) electrons. The van der Waals surface area contributed by atoms with Crippen LogP contribution in [0.2, 0.25) is 0 Å². The van der Waals surface area contributed by atoms with Gasteiger partial charge in [-0.25, -0.2) is 4.79 Å². The summed E-state index contributed by atoms with van der Waals surface area (Å²) in [5, 5.41) is 4.92. The van der Waals surface area contributed by atoms with Gasteiger partial charge in [0.25, 0.3) is 5.91 Å². The summed E-state index contributed by atoms with van der Waals surface area (Å²) in [6.07, 6.45) is 4.81. The van der Waals surface area contributed by atoms with Crippen molar-refractivity contribution < 1.29 is 14.4 Å². The van der Waals surface area contributed by atoms with Crippen LogP contribution in [-0.4, -0.2) is 46.4 Å². The summed E-state index contributed by atoms with van der Waals surface area (Å²) in [5.41, 5.74) is -0.0713. The summed E-state index contributed by atoms with van der Waals surface area (Å²) >= 11 is 0. The van der Waals surface area contributed by atoms with Crippen LogP contribution in [0.1, 0.15) is 18.4 Å². The molecular formula is C14H16N4O3. The van der Waals surface area contributed by atoms with E-state index in [9.17, 15) is 14.4 Å². The molecule has 2 N–H and O–H groups in total. The van der Waals surface area contributed by atoms with Crippen molar-refractivity contribution in [3.05, 3.63) is 30.1 Å². The van der Waals surface area contributed by atoms with Gasteiger partial charge in [-0.15, -0.1) is 0 Å². The summed E-state index contributed by atoms with van der Waals surface area (Å²) in [6.45, 7) is 0.837. The van der Waals surface area contributed by atoms with Gasteiger partial charge in [0, 0.05) is 18.9 Å². The molecule has 4 amide bonds. The highest BCUT2D eigenvalue weighted by atomic mass is 16.2. The van der Waals surface area contributed by atoms with Gasteiger partial charge in [0.1, 0.15) is 5.54 Å². The van der Waals surface area contributed by atoms with E-state index in [1.165, 1.54) is 0 Å². The molecule has 0 saturated carbocycles. The van der Waals surface area contributed by atoms with Gasteiger partial charge in [-0.1, -0.05) is 0 Å². The van der Waals surface area contributed by atoms with E-state index in [0.29, 0.717) is 19.4 Å². The molecule has 1 atom stereocenters. The zero-order valence-electron chi connectivity index (χ0n) is 11.5. The molecule has 7 heteroatoms. The number of amides is 4.